The van der Waals surface area contributed by atoms with Crippen LogP contribution in [-0.4, -0.2) is 41.7 Å². The largest absolute Gasteiger partial charge is 0.444 e. The maximum absolute atomic E-state index is 12.2. The van der Waals surface area contributed by atoms with Crippen LogP contribution in [0.4, 0.5) is 10.6 Å². The number of rotatable bonds is 3. The molecule has 0 saturated carbocycles. The number of anilines is 1. The Hall–Kier alpha value is -1.76. The van der Waals surface area contributed by atoms with Gasteiger partial charge >= 0.3 is 6.09 Å². The first kappa shape index (κ1) is 18.6. The van der Waals surface area contributed by atoms with Crippen LogP contribution in [0.5, 0.6) is 0 Å². The molecule has 7 heteroatoms. The van der Waals surface area contributed by atoms with Crippen LogP contribution in [0.3, 0.4) is 0 Å². The van der Waals surface area contributed by atoms with E-state index in [4.69, 9.17) is 4.74 Å². The first-order chi connectivity index (χ1) is 11.2. The second-order valence-corrected chi connectivity index (χ2v) is 7.56. The molecule has 1 aliphatic rings. The monoisotopic (exact) mass is 396 g/mol. The van der Waals surface area contributed by atoms with Crippen molar-refractivity contribution in [2.75, 3.05) is 25.1 Å². The van der Waals surface area contributed by atoms with Gasteiger partial charge in [0.2, 0.25) is 0 Å². The van der Waals surface area contributed by atoms with Crippen LogP contribution in [0, 0.1) is 0 Å². The van der Waals surface area contributed by atoms with Crippen LogP contribution in [0.1, 0.15) is 33.6 Å². The summed E-state index contributed by atoms with van der Waals surface area (Å²) in [7, 11) is 1.92. The number of hydrazine groups is 1. The van der Waals surface area contributed by atoms with Crippen molar-refractivity contribution in [3.63, 3.8) is 0 Å². The molecule has 0 radical (unpaired) electrons. The van der Waals surface area contributed by atoms with Crippen LogP contribution in [0.15, 0.2) is 34.6 Å². The number of carbonyl (C=O) groups excluding carboxylic acids is 1. The zero-order valence-corrected chi connectivity index (χ0v) is 16.3. The van der Waals surface area contributed by atoms with E-state index in [9.17, 15) is 4.79 Å². The molecule has 24 heavy (non-hydrogen) atoms. The summed E-state index contributed by atoms with van der Waals surface area (Å²) in [5, 5.41) is 1.87. The molecule has 0 atom stereocenters. The normalized spacial score (nSPS) is 15.4. The fraction of sp³-hybridized carbons (Fsp3) is 0.529. The molecule has 1 aliphatic heterocycles. The first-order valence-electron chi connectivity index (χ1n) is 8.04. The van der Waals surface area contributed by atoms with Gasteiger partial charge in [-0.3, -0.25) is 5.01 Å². The third-order valence-corrected chi connectivity index (χ3v) is 3.88. The fourth-order valence-electron chi connectivity index (χ4n) is 2.32. The summed E-state index contributed by atoms with van der Waals surface area (Å²) in [4.78, 5) is 18.3. The van der Waals surface area contributed by atoms with Crippen molar-refractivity contribution in [3.8, 4) is 0 Å². The molecule has 2 heterocycles. The topological polar surface area (TPSA) is 57.7 Å². The van der Waals surface area contributed by atoms with Crippen LogP contribution < -0.4 is 10.4 Å². The minimum absolute atomic E-state index is 0.262. The van der Waals surface area contributed by atoms with Crippen LogP contribution in [-0.2, 0) is 4.74 Å². The third-order valence-electron chi connectivity index (χ3n) is 3.44. The van der Waals surface area contributed by atoms with Crippen molar-refractivity contribution in [2.45, 2.75) is 39.2 Å². The van der Waals surface area contributed by atoms with Gasteiger partial charge in [-0.1, -0.05) is 6.07 Å². The number of hydrogen-bond donors (Lipinski definition) is 1. The fourth-order valence-corrected chi connectivity index (χ4v) is 2.66. The molecule has 0 fully saturated rings. The van der Waals surface area contributed by atoms with Gasteiger partial charge in [0.25, 0.3) is 0 Å². The number of halogens is 1. The minimum Gasteiger partial charge on any atom is -0.444 e. The number of nitrogens with zero attached hydrogens (tertiary/aromatic N) is 3. The van der Waals surface area contributed by atoms with Crippen LogP contribution >= 0.6 is 15.9 Å². The molecule has 0 bridgehead atoms. The van der Waals surface area contributed by atoms with Gasteiger partial charge in [0.15, 0.2) is 0 Å². The van der Waals surface area contributed by atoms with Gasteiger partial charge in [0.05, 0.1) is 0 Å². The molecular formula is C17H25BrN4O2. The van der Waals surface area contributed by atoms with Crippen LogP contribution in [0.25, 0.3) is 0 Å². The van der Waals surface area contributed by atoms with E-state index in [0.29, 0.717) is 13.1 Å². The molecule has 0 spiro atoms. The van der Waals surface area contributed by atoms with Crippen LogP contribution in [0.2, 0.25) is 0 Å². The number of nitrogens with one attached hydrogen (secondary N) is 1. The van der Waals surface area contributed by atoms with Gasteiger partial charge in [0, 0.05) is 25.8 Å². The lowest BCUT2D eigenvalue weighted by Crippen LogP contribution is -2.37. The lowest BCUT2D eigenvalue weighted by Gasteiger charge is -2.25. The summed E-state index contributed by atoms with van der Waals surface area (Å²) in [5.41, 5.74) is 3.95. The Kier molecular flexibility index (Phi) is 6.10. The van der Waals surface area contributed by atoms with Crippen molar-refractivity contribution >= 4 is 27.8 Å². The van der Waals surface area contributed by atoms with E-state index in [1.54, 1.807) is 4.90 Å². The summed E-state index contributed by atoms with van der Waals surface area (Å²) in [6.45, 7) is 6.87. The van der Waals surface area contributed by atoms with E-state index < -0.39 is 5.60 Å². The lowest BCUT2D eigenvalue weighted by molar-refractivity contribution is 0.0273. The van der Waals surface area contributed by atoms with E-state index in [1.807, 2.05) is 57.1 Å². The van der Waals surface area contributed by atoms with Gasteiger partial charge in [-0.25, -0.2) is 9.78 Å². The summed E-state index contributed by atoms with van der Waals surface area (Å²) in [6, 6.07) is 5.76. The Balaban J connectivity index is 1.96. The Morgan fingerprint density at radius 3 is 2.83 bits per heavy atom. The van der Waals surface area contributed by atoms with Gasteiger partial charge < -0.3 is 15.1 Å². The molecule has 6 nitrogen and oxygen atoms in total. The van der Waals surface area contributed by atoms with Gasteiger partial charge in [0.1, 0.15) is 16.0 Å². The van der Waals surface area contributed by atoms with Crippen molar-refractivity contribution in [3.05, 3.63) is 34.6 Å². The number of aromatic nitrogens is 1. The highest BCUT2D eigenvalue weighted by molar-refractivity contribution is 9.10. The lowest BCUT2D eigenvalue weighted by atomic mass is 10.2. The Bertz CT molecular complexity index is 613. The average Bonchev–Trinajstić information content (AvgIpc) is 2.71. The summed E-state index contributed by atoms with van der Waals surface area (Å²) in [6.07, 6.45) is 3.53. The van der Waals surface area contributed by atoms with Crippen molar-refractivity contribution in [1.82, 2.24) is 15.3 Å². The zero-order chi connectivity index (χ0) is 17.7. The van der Waals surface area contributed by atoms with E-state index in [2.05, 4.69) is 26.3 Å². The maximum Gasteiger partial charge on any atom is 0.410 e. The van der Waals surface area contributed by atoms with Gasteiger partial charge in [-0.15, -0.1) is 0 Å². The standard InChI is InChI=1S/C17H25BrN4O2/c1-17(2,3)24-16(23)22-11-6-7-13(10-12-22)20-21(4)15-9-5-8-14(18)19-15/h5,8-10,20H,6-7,11-12H2,1-4H3. The Morgan fingerprint density at radius 2 is 2.17 bits per heavy atom. The molecule has 132 valence electrons. The highest BCUT2D eigenvalue weighted by atomic mass is 79.9. The number of amides is 1. The first-order valence-corrected chi connectivity index (χ1v) is 8.84. The number of allylic oxidation sites excluding steroid dienone is 1. The average molecular weight is 397 g/mol. The molecule has 0 saturated heterocycles. The number of ether oxygens (including phenoxy) is 1. The number of pyridine rings is 1. The smallest absolute Gasteiger partial charge is 0.410 e. The molecule has 0 unspecified atom stereocenters. The van der Waals surface area contributed by atoms with Gasteiger partial charge in [-0.2, -0.15) is 0 Å². The summed E-state index contributed by atoms with van der Waals surface area (Å²) in [5.74, 6) is 0.818. The summed E-state index contributed by atoms with van der Waals surface area (Å²) < 4.78 is 6.23. The Labute approximate surface area is 152 Å². The Morgan fingerprint density at radius 1 is 1.42 bits per heavy atom. The molecule has 1 aromatic heterocycles. The third kappa shape index (κ3) is 5.70. The second-order valence-electron chi connectivity index (χ2n) is 6.75. The molecule has 0 aliphatic carbocycles. The molecule has 1 aromatic rings. The van der Waals surface area contributed by atoms with Crippen molar-refractivity contribution < 1.29 is 9.53 Å². The number of carbonyl (C=O) groups is 1. The zero-order valence-electron chi connectivity index (χ0n) is 14.7. The van der Waals surface area contributed by atoms with E-state index in [-0.39, 0.29) is 6.09 Å². The predicted molar refractivity (Wildman–Crippen MR) is 98.6 cm³/mol. The van der Waals surface area contributed by atoms with E-state index in [1.165, 1.54) is 0 Å². The number of hydrogen-bond acceptors (Lipinski definition) is 5. The van der Waals surface area contributed by atoms with E-state index in [0.717, 1.165) is 29.0 Å². The second kappa shape index (κ2) is 7.88. The van der Waals surface area contributed by atoms with Gasteiger partial charge in [-0.05, 0) is 67.8 Å². The quantitative estimate of drug-likeness (QED) is 0.623. The molecular weight excluding hydrogens is 372 g/mol. The highest BCUT2D eigenvalue weighted by Crippen LogP contribution is 2.16. The molecule has 0 aromatic carbocycles. The molecule has 1 amide bonds. The van der Waals surface area contributed by atoms with Crippen molar-refractivity contribution in [1.29, 1.82) is 0 Å². The predicted octanol–water partition coefficient (Wildman–Crippen LogP) is 3.70. The molecule has 2 rings (SSSR count). The summed E-state index contributed by atoms with van der Waals surface area (Å²) >= 11 is 3.38. The SMILES string of the molecule is CN(NC1=CCN(C(=O)OC(C)(C)C)CCC1)c1cccc(Br)n1. The highest BCUT2D eigenvalue weighted by Gasteiger charge is 2.22. The van der Waals surface area contributed by atoms with E-state index >= 15 is 0 Å². The maximum atomic E-state index is 12.2. The van der Waals surface area contributed by atoms with Crippen molar-refractivity contribution in [2.24, 2.45) is 0 Å². The molecule has 1 N–H and O–H groups in total. The minimum atomic E-state index is -0.471.